The van der Waals surface area contributed by atoms with Gasteiger partial charge in [-0.2, -0.15) is 0 Å². The zero-order chi connectivity index (χ0) is 13.0. The third-order valence-electron chi connectivity index (χ3n) is 2.59. The summed E-state index contributed by atoms with van der Waals surface area (Å²) >= 11 is 0. The van der Waals surface area contributed by atoms with E-state index in [1.807, 2.05) is 18.2 Å². The summed E-state index contributed by atoms with van der Waals surface area (Å²) < 4.78 is 4.56. The van der Waals surface area contributed by atoms with E-state index in [4.69, 9.17) is 0 Å². The third-order valence-corrected chi connectivity index (χ3v) is 2.59. The zero-order valence-electron chi connectivity index (χ0n) is 9.97. The number of H-pyrrole nitrogens is 1. The van der Waals surface area contributed by atoms with Gasteiger partial charge in [0.2, 0.25) is 5.78 Å². The van der Waals surface area contributed by atoms with Crippen molar-refractivity contribution in [2.45, 2.75) is 6.42 Å². The van der Waals surface area contributed by atoms with Crippen molar-refractivity contribution in [1.29, 1.82) is 0 Å². The second kappa shape index (κ2) is 5.31. The number of benzene rings is 1. The van der Waals surface area contributed by atoms with Crippen LogP contribution in [0.4, 0.5) is 0 Å². The number of carbonyl (C=O) groups excluding carboxylic acids is 2. The molecule has 0 saturated carbocycles. The molecule has 4 nitrogen and oxygen atoms in total. The fraction of sp³-hybridized carbons (Fsp3) is 0.143. The highest BCUT2D eigenvalue weighted by Crippen LogP contribution is 2.10. The molecule has 4 heteroatoms. The Morgan fingerprint density at radius 3 is 2.50 bits per heavy atom. The minimum atomic E-state index is -0.337. The average Bonchev–Trinajstić information content (AvgIpc) is 2.87. The van der Waals surface area contributed by atoms with Crippen molar-refractivity contribution < 1.29 is 14.3 Å². The van der Waals surface area contributed by atoms with E-state index >= 15 is 0 Å². The number of aromatic amines is 1. The molecule has 0 aliphatic carbocycles. The van der Waals surface area contributed by atoms with Crippen molar-refractivity contribution in [3.8, 4) is 0 Å². The lowest BCUT2D eigenvalue weighted by atomic mass is 10.1. The van der Waals surface area contributed by atoms with Crippen LogP contribution in [0, 0.1) is 0 Å². The first-order valence-electron chi connectivity index (χ1n) is 5.55. The van der Waals surface area contributed by atoms with Gasteiger partial charge in [0.15, 0.2) is 0 Å². The summed E-state index contributed by atoms with van der Waals surface area (Å²) in [6.45, 7) is 0. The highest BCUT2D eigenvalue weighted by atomic mass is 16.5. The van der Waals surface area contributed by atoms with Gasteiger partial charge in [0, 0.05) is 11.3 Å². The predicted octanol–water partition coefficient (Wildman–Crippen LogP) is 1.96. The molecule has 1 aromatic carbocycles. The third kappa shape index (κ3) is 2.66. The molecule has 2 aromatic rings. The normalized spacial score (nSPS) is 10.1. The van der Waals surface area contributed by atoms with Gasteiger partial charge in [-0.25, -0.2) is 0 Å². The van der Waals surface area contributed by atoms with Crippen molar-refractivity contribution in [1.82, 2.24) is 4.98 Å². The van der Waals surface area contributed by atoms with Gasteiger partial charge in [-0.05, 0) is 12.1 Å². The number of aromatic nitrogens is 1. The Labute approximate surface area is 105 Å². The van der Waals surface area contributed by atoms with Crippen LogP contribution < -0.4 is 0 Å². The second-order valence-corrected chi connectivity index (χ2v) is 3.85. The summed E-state index contributed by atoms with van der Waals surface area (Å²) in [7, 11) is 1.33. The van der Waals surface area contributed by atoms with Gasteiger partial charge in [-0.1, -0.05) is 30.3 Å². The number of nitrogens with one attached hydrogen (secondary N) is 1. The molecule has 0 amide bonds. The zero-order valence-corrected chi connectivity index (χ0v) is 9.97. The van der Waals surface area contributed by atoms with Gasteiger partial charge < -0.3 is 9.72 Å². The summed E-state index contributed by atoms with van der Waals surface area (Å²) in [6.07, 6.45) is 0.137. The molecular formula is C14H13NO3. The summed E-state index contributed by atoms with van der Waals surface area (Å²) in [4.78, 5) is 26.1. The van der Waals surface area contributed by atoms with E-state index in [9.17, 15) is 9.59 Å². The molecule has 18 heavy (non-hydrogen) atoms. The number of hydrogen-bond donors (Lipinski definition) is 1. The molecule has 92 valence electrons. The second-order valence-electron chi connectivity index (χ2n) is 3.85. The minimum Gasteiger partial charge on any atom is -0.469 e. The van der Waals surface area contributed by atoms with Crippen LogP contribution in [0.15, 0.2) is 42.5 Å². The molecular weight excluding hydrogens is 230 g/mol. The largest absolute Gasteiger partial charge is 0.469 e. The van der Waals surface area contributed by atoms with E-state index in [1.165, 1.54) is 7.11 Å². The van der Waals surface area contributed by atoms with E-state index in [0.29, 0.717) is 17.0 Å². The molecule has 0 aliphatic heterocycles. The van der Waals surface area contributed by atoms with Crippen LogP contribution in [0.3, 0.4) is 0 Å². The lowest BCUT2D eigenvalue weighted by molar-refractivity contribution is -0.139. The standard InChI is InChI=1S/C14H13NO3/c1-18-13(16)9-11-7-8-12(15-11)14(17)10-5-3-2-4-6-10/h2-8,15H,9H2,1H3. The van der Waals surface area contributed by atoms with Crippen molar-refractivity contribution in [2.75, 3.05) is 7.11 Å². The molecule has 0 aliphatic rings. The number of methoxy groups -OCH3 is 1. The van der Waals surface area contributed by atoms with Crippen molar-refractivity contribution in [3.05, 3.63) is 59.4 Å². The Morgan fingerprint density at radius 2 is 1.83 bits per heavy atom. The first kappa shape index (κ1) is 12.1. The van der Waals surface area contributed by atoms with E-state index in [2.05, 4.69) is 9.72 Å². The number of hydrogen-bond acceptors (Lipinski definition) is 3. The summed E-state index contributed by atoms with van der Waals surface area (Å²) in [5.41, 5.74) is 1.75. The molecule has 0 radical (unpaired) electrons. The lowest BCUT2D eigenvalue weighted by Gasteiger charge is -1.98. The van der Waals surface area contributed by atoms with Crippen molar-refractivity contribution >= 4 is 11.8 Å². The quantitative estimate of drug-likeness (QED) is 0.659. The Bertz CT molecular complexity index is 557. The van der Waals surface area contributed by atoms with Crippen LogP contribution in [0.1, 0.15) is 21.7 Å². The van der Waals surface area contributed by atoms with Crippen LogP contribution in [0.25, 0.3) is 0 Å². The Morgan fingerprint density at radius 1 is 1.11 bits per heavy atom. The van der Waals surface area contributed by atoms with Gasteiger partial charge in [-0.15, -0.1) is 0 Å². The molecule has 0 bridgehead atoms. The average molecular weight is 243 g/mol. The maximum atomic E-state index is 12.1. The van der Waals surface area contributed by atoms with E-state index in [1.54, 1.807) is 24.3 Å². The maximum Gasteiger partial charge on any atom is 0.311 e. The number of rotatable bonds is 4. The lowest BCUT2D eigenvalue weighted by Crippen LogP contribution is -2.06. The Kier molecular flexibility index (Phi) is 3.57. The van der Waals surface area contributed by atoms with Gasteiger partial charge in [0.1, 0.15) is 0 Å². The molecule has 1 N–H and O–H groups in total. The Hall–Kier alpha value is -2.36. The fourth-order valence-electron chi connectivity index (χ4n) is 1.65. The topological polar surface area (TPSA) is 59.2 Å². The molecule has 0 saturated heterocycles. The molecule has 2 rings (SSSR count). The highest BCUT2D eigenvalue weighted by Gasteiger charge is 2.12. The highest BCUT2D eigenvalue weighted by molar-refractivity contribution is 6.07. The fourth-order valence-corrected chi connectivity index (χ4v) is 1.65. The summed E-state index contributed by atoms with van der Waals surface area (Å²) in [5.74, 6) is -0.428. The van der Waals surface area contributed by atoms with Gasteiger partial charge in [-0.3, -0.25) is 9.59 Å². The van der Waals surface area contributed by atoms with E-state index < -0.39 is 0 Å². The van der Waals surface area contributed by atoms with E-state index in [0.717, 1.165) is 0 Å². The summed E-state index contributed by atoms with van der Waals surface area (Å²) in [6, 6.07) is 12.4. The molecule has 0 fully saturated rings. The van der Waals surface area contributed by atoms with E-state index in [-0.39, 0.29) is 18.2 Å². The number of carbonyl (C=O) groups is 2. The molecule has 1 heterocycles. The van der Waals surface area contributed by atoms with Crippen molar-refractivity contribution in [3.63, 3.8) is 0 Å². The van der Waals surface area contributed by atoms with Crippen LogP contribution in [0.5, 0.6) is 0 Å². The Balaban J connectivity index is 2.15. The smallest absolute Gasteiger partial charge is 0.311 e. The maximum absolute atomic E-state index is 12.1. The number of ether oxygens (including phenoxy) is 1. The van der Waals surface area contributed by atoms with Gasteiger partial charge >= 0.3 is 5.97 Å². The number of ketones is 1. The van der Waals surface area contributed by atoms with Crippen LogP contribution in [-0.4, -0.2) is 23.8 Å². The predicted molar refractivity (Wildman–Crippen MR) is 66.4 cm³/mol. The monoisotopic (exact) mass is 243 g/mol. The van der Waals surface area contributed by atoms with Crippen LogP contribution in [0.2, 0.25) is 0 Å². The molecule has 0 unspecified atom stereocenters. The van der Waals surface area contributed by atoms with Gasteiger partial charge in [0.05, 0.1) is 19.2 Å². The number of esters is 1. The van der Waals surface area contributed by atoms with Crippen molar-refractivity contribution in [2.24, 2.45) is 0 Å². The minimum absolute atomic E-state index is 0.0910. The summed E-state index contributed by atoms with van der Waals surface area (Å²) in [5, 5.41) is 0. The molecule has 0 spiro atoms. The SMILES string of the molecule is COC(=O)Cc1ccc(C(=O)c2ccccc2)[nH]1. The van der Waals surface area contributed by atoms with Crippen LogP contribution in [-0.2, 0) is 16.0 Å². The van der Waals surface area contributed by atoms with Crippen LogP contribution >= 0.6 is 0 Å². The molecule has 0 atom stereocenters. The first-order valence-corrected chi connectivity index (χ1v) is 5.55. The molecule has 1 aromatic heterocycles. The first-order chi connectivity index (χ1) is 8.70. The van der Waals surface area contributed by atoms with Gasteiger partial charge in [0.25, 0.3) is 0 Å².